The fraction of sp³-hybridized carbons (Fsp3) is 0.509. The van der Waals surface area contributed by atoms with E-state index in [0.717, 1.165) is 5.56 Å². The van der Waals surface area contributed by atoms with Crippen LogP contribution in [0.2, 0.25) is 0 Å². The molecular weight excluding hydrogens is 1040 g/mol. The van der Waals surface area contributed by atoms with Crippen LogP contribution in [-0.2, 0) is 62.4 Å². The Morgan fingerprint density at radius 3 is 1.56 bits per heavy atom. The number of carbonyl (C=O) groups excluding carboxylic acids is 8. The van der Waals surface area contributed by atoms with Crippen LogP contribution < -0.4 is 54.4 Å². The van der Waals surface area contributed by atoms with E-state index < -0.39 is 108 Å². The number of benzene rings is 3. The molecule has 22 nitrogen and oxygen atoms in total. The molecule has 9 atom stereocenters. The maximum Gasteiger partial charge on any atom is 0.326 e. The normalized spacial score (nSPS) is 16.1. The van der Waals surface area contributed by atoms with Gasteiger partial charge in [-0.25, -0.2) is 4.79 Å². The summed E-state index contributed by atoms with van der Waals surface area (Å²) in [5.74, 6) is -6.97. The van der Waals surface area contributed by atoms with Crippen molar-refractivity contribution in [1.82, 2.24) is 42.1 Å². The number of aliphatic imine (C=N–C) groups is 1. The molecule has 80 heavy (non-hydrogen) atoms. The Morgan fingerprint density at radius 1 is 0.613 bits per heavy atom. The summed E-state index contributed by atoms with van der Waals surface area (Å²) in [7, 11) is 0. The van der Waals surface area contributed by atoms with E-state index in [1.165, 1.54) is 23.6 Å². The lowest BCUT2D eigenvalue weighted by atomic mass is 10.0. The lowest BCUT2D eigenvalue weighted by Gasteiger charge is -2.30. The Bertz CT molecular complexity index is 2560. The summed E-state index contributed by atoms with van der Waals surface area (Å²) in [4.78, 5) is 130. The smallest absolute Gasteiger partial charge is 0.326 e. The van der Waals surface area contributed by atoms with Crippen LogP contribution in [0.3, 0.4) is 0 Å². The zero-order valence-corrected chi connectivity index (χ0v) is 47.5. The second-order valence-electron chi connectivity index (χ2n) is 20.8. The Balaban J connectivity index is 1.57. The predicted molar refractivity (Wildman–Crippen MR) is 307 cm³/mol. The number of aliphatic carboxylic acids is 1. The molecule has 0 radical (unpaired) electrons. The standard InChI is InChI=1S/C57H82N12O10S/c1-34(2)30-45(56(78)79)67-48(70)36(5)62-51(73)43(32-38-20-12-8-13-21-38)66-52(74)44(33-39-22-14-9-15-23-39)65-50(72)42(26-29-80-6)63-49(71)41(24-16-27-61-57(59)60)64-54(76)47(35(3)4)68-53(75)46-25-17-28-69(46)55(77)40(58)31-37-18-10-7-11-19-37/h7-15,18-23,34-36,40-47H,16-17,24-33,58H2,1-6H3,(H,62,73)(H,63,71)(H,64,76)(H,65,72)(H,66,74)(H,67,70)(H,68,75)(H,78,79)(H4,59,60,61)/t36-,40-,41-,42-,43-,44-,45-,46-,47-/m0/s1. The summed E-state index contributed by atoms with van der Waals surface area (Å²) >= 11 is 1.40. The van der Waals surface area contributed by atoms with Gasteiger partial charge in [0.15, 0.2) is 5.96 Å². The van der Waals surface area contributed by atoms with Gasteiger partial charge in [-0.3, -0.25) is 43.3 Å². The first-order valence-electron chi connectivity index (χ1n) is 27.2. The third-order valence-electron chi connectivity index (χ3n) is 13.4. The molecule has 1 aliphatic heterocycles. The van der Waals surface area contributed by atoms with Crippen molar-refractivity contribution in [3.8, 4) is 0 Å². The van der Waals surface area contributed by atoms with E-state index >= 15 is 0 Å². The van der Waals surface area contributed by atoms with E-state index in [0.29, 0.717) is 36.3 Å². The molecule has 436 valence electrons. The molecule has 0 spiro atoms. The van der Waals surface area contributed by atoms with E-state index in [2.05, 4.69) is 42.2 Å². The fourth-order valence-corrected chi connectivity index (χ4v) is 9.57. The quantitative estimate of drug-likeness (QED) is 0.0237. The van der Waals surface area contributed by atoms with Gasteiger partial charge in [-0.2, -0.15) is 11.8 Å². The van der Waals surface area contributed by atoms with Crippen molar-refractivity contribution >= 4 is 70.9 Å². The molecular formula is C57H82N12O10S. The van der Waals surface area contributed by atoms with E-state index in [1.54, 1.807) is 74.5 Å². The van der Waals surface area contributed by atoms with Crippen LogP contribution in [0.25, 0.3) is 0 Å². The highest BCUT2D eigenvalue weighted by Crippen LogP contribution is 2.21. The van der Waals surface area contributed by atoms with Gasteiger partial charge >= 0.3 is 5.97 Å². The van der Waals surface area contributed by atoms with E-state index in [-0.39, 0.29) is 69.3 Å². The lowest BCUT2D eigenvalue weighted by Crippen LogP contribution is -2.61. The van der Waals surface area contributed by atoms with Gasteiger partial charge in [0, 0.05) is 25.9 Å². The number of carbonyl (C=O) groups is 9. The van der Waals surface area contributed by atoms with Gasteiger partial charge in [0.1, 0.15) is 48.3 Å². The highest BCUT2D eigenvalue weighted by Gasteiger charge is 2.39. The van der Waals surface area contributed by atoms with Crippen LogP contribution in [0.5, 0.6) is 0 Å². The molecule has 1 aliphatic rings. The van der Waals surface area contributed by atoms with Crippen molar-refractivity contribution in [2.75, 3.05) is 25.1 Å². The Morgan fingerprint density at radius 2 is 1.07 bits per heavy atom. The molecule has 0 unspecified atom stereocenters. The maximum atomic E-state index is 14.6. The topological polar surface area (TPSA) is 352 Å². The van der Waals surface area contributed by atoms with Crippen LogP contribution in [0.1, 0.15) is 89.8 Å². The molecule has 0 saturated carbocycles. The molecule has 3 aromatic rings. The van der Waals surface area contributed by atoms with Crippen molar-refractivity contribution in [3.05, 3.63) is 108 Å². The zero-order valence-electron chi connectivity index (χ0n) is 46.7. The van der Waals surface area contributed by atoms with E-state index in [1.807, 2.05) is 50.4 Å². The molecule has 1 heterocycles. The SMILES string of the molecule is CSCC[C@H](NC(=O)[C@H](CCCN=C(N)N)NC(=O)[C@@H](NC(=O)[C@@H]1CCCN1C(=O)[C@@H](N)Cc1ccccc1)C(C)C)C(=O)N[C@@H](Cc1ccccc1)C(=O)N[C@@H](Cc1ccccc1)C(=O)N[C@@H](C)C(=O)N[C@@H](CC(C)C)C(=O)O. The number of amides is 8. The fourth-order valence-electron chi connectivity index (χ4n) is 9.10. The van der Waals surface area contributed by atoms with Crippen molar-refractivity contribution in [3.63, 3.8) is 0 Å². The largest absolute Gasteiger partial charge is 0.480 e. The van der Waals surface area contributed by atoms with Crippen LogP contribution in [0.15, 0.2) is 96.0 Å². The van der Waals surface area contributed by atoms with Gasteiger partial charge in [0.2, 0.25) is 47.3 Å². The third-order valence-corrected chi connectivity index (χ3v) is 14.1. The number of rotatable bonds is 32. The number of nitrogens with two attached hydrogens (primary N) is 3. The highest BCUT2D eigenvalue weighted by molar-refractivity contribution is 7.98. The number of carboxylic acids is 1. The molecule has 1 fully saturated rings. The molecule has 0 bridgehead atoms. The first-order valence-corrected chi connectivity index (χ1v) is 28.5. The first kappa shape index (κ1) is 65.0. The van der Waals surface area contributed by atoms with E-state index in [4.69, 9.17) is 17.2 Å². The number of carboxylic acid groups (broad SMARTS) is 1. The number of thioether (sulfide) groups is 1. The summed E-state index contributed by atoms with van der Waals surface area (Å²) in [6.45, 7) is 8.87. The molecule has 0 aromatic heterocycles. The summed E-state index contributed by atoms with van der Waals surface area (Å²) in [5, 5.41) is 28.8. The summed E-state index contributed by atoms with van der Waals surface area (Å²) in [6, 6.07) is 16.4. The molecule has 8 amide bonds. The second kappa shape index (κ2) is 33.2. The highest BCUT2D eigenvalue weighted by atomic mass is 32.2. The van der Waals surface area contributed by atoms with Gasteiger partial charge in [-0.05, 0) is 92.4 Å². The van der Waals surface area contributed by atoms with Gasteiger partial charge in [-0.15, -0.1) is 0 Å². The average molecular weight is 1130 g/mol. The summed E-state index contributed by atoms with van der Waals surface area (Å²) in [5.41, 5.74) is 19.7. The number of nitrogens with one attached hydrogen (secondary N) is 7. The summed E-state index contributed by atoms with van der Waals surface area (Å²) < 4.78 is 0. The zero-order chi connectivity index (χ0) is 58.9. The minimum atomic E-state index is -1.33. The lowest BCUT2D eigenvalue weighted by molar-refractivity contribution is -0.142. The van der Waals surface area contributed by atoms with Crippen LogP contribution in [0, 0.1) is 11.8 Å². The Kier molecular flexibility index (Phi) is 26.9. The Labute approximate surface area is 473 Å². The monoisotopic (exact) mass is 1130 g/mol. The Hall–Kier alpha value is -7.53. The number of hydrogen-bond donors (Lipinski definition) is 11. The van der Waals surface area contributed by atoms with Gasteiger partial charge in [-0.1, -0.05) is 119 Å². The molecule has 4 rings (SSSR count). The first-order chi connectivity index (χ1) is 38.1. The number of likely N-dealkylation sites (tertiary alicyclic amines) is 1. The minimum absolute atomic E-state index is 0.00352. The van der Waals surface area contributed by atoms with Gasteiger partial charge in [0.05, 0.1) is 6.04 Å². The maximum absolute atomic E-state index is 14.6. The number of guanidine groups is 1. The van der Waals surface area contributed by atoms with Crippen molar-refractivity contribution < 1.29 is 48.3 Å². The van der Waals surface area contributed by atoms with Crippen LogP contribution in [-0.4, -0.2) is 149 Å². The molecule has 14 N–H and O–H groups in total. The molecule has 3 aromatic carbocycles. The van der Waals surface area contributed by atoms with Crippen molar-refractivity contribution in [2.45, 2.75) is 147 Å². The van der Waals surface area contributed by atoms with Crippen molar-refractivity contribution in [2.24, 2.45) is 34.0 Å². The minimum Gasteiger partial charge on any atom is -0.480 e. The average Bonchev–Trinajstić information content (AvgIpc) is 3.95. The molecule has 1 saturated heterocycles. The molecule has 0 aliphatic carbocycles. The third kappa shape index (κ3) is 21.6. The number of nitrogens with zero attached hydrogens (tertiary/aromatic N) is 2. The van der Waals surface area contributed by atoms with Crippen molar-refractivity contribution in [1.29, 1.82) is 0 Å². The molecule has 23 heteroatoms. The van der Waals surface area contributed by atoms with E-state index in [9.17, 15) is 48.3 Å². The van der Waals surface area contributed by atoms with Crippen LogP contribution in [0.4, 0.5) is 0 Å². The van der Waals surface area contributed by atoms with Gasteiger partial charge < -0.3 is 64.4 Å². The predicted octanol–water partition coefficient (Wildman–Crippen LogP) is 1.04. The van der Waals surface area contributed by atoms with Crippen LogP contribution >= 0.6 is 11.8 Å². The summed E-state index contributed by atoms with van der Waals surface area (Å²) in [6.07, 6.45) is 3.35. The second-order valence-corrected chi connectivity index (χ2v) is 21.8. The van der Waals surface area contributed by atoms with Gasteiger partial charge in [0.25, 0.3) is 0 Å². The number of hydrogen-bond acceptors (Lipinski definition) is 12.